The summed E-state index contributed by atoms with van der Waals surface area (Å²) in [5, 5.41) is 0. The SMILES string of the molecule is CC[CH2][Zr](=[SiH2])([Cl])([C]1=C(C)C(C)=C(C)C1C)[CH]1c2ccccc2-c2ccccc21.Cl.Cl. The summed E-state index contributed by atoms with van der Waals surface area (Å²) in [5.41, 5.74) is 10.2. The van der Waals surface area contributed by atoms with Crippen LogP contribution in [0.4, 0.5) is 0 Å². The number of allylic oxidation sites excluding steroid dienone is 4. The fraction of sp³-hybridized carbons (Fsp3) is 0.360. The number of rotatable bonds is 4. The standard InChI is InChI=1S/C13H9.C9H13.C3H7.3ClH.H2Si.Zr/c1-3-7-12-10(5-1)9-11-6-2-4-8-13(11)12;1-6-5-7(2)9(4)8(6)3;1-3-2;;;;;/h1-9H;6H,1-4H3;1,3H2,2H3;3*1H;1H2;/q;;;;;;;+1/p-1. The Labute approximate surface area is 200 Å². The molecule has 0 saturated heterocycles. The van der Waals surface area contributed by atoms with E-state index in [1.807, 2.05) is 0 Å². The van der Waals surface area contributed by atoms with Gasteiger partial charge in [0.1, 0.15) is 0 Å². The van der Waals surface area contributed by atoms with E-state index >= 15 is 0 Å². The Kier molecular flexibility index (Phi) is 7.87. The van der Waals surface area contributed by atoms with E-state index in [1.54, 1.807) is 3.28 Å². The molecule has 1 unspecified atom stereocenters. The molecule has 30 heavy (non-hydrogen) atoms. The predicted molar refractivity (Wildman–Crippen MR) is 138 cm³/mol. The van der Waals surface area contributed by atoms with Crippen molar-refractivity contribution < 1.29 is 16.2 Å². The third-order valence-electron chi connectivity index (χ3n) is 7.56. The molecule has 0 spiro atoms. The Morgan fingerprint density at radius 1 is 0.867 bits per heavy atom. The normalized spacial score (nSPS) is 18.7. The van der Waals surface area contributed by atoms with Crippen molar-refractivity contribution in [3.05, 3.63) is 79.7 Å². The van der Waals surface area contributed by atoms with Crippen molar-refractivity contribution >= 4 is 40.2 Å². The smallest absolute Gasteiger partial charge is 0.147 e. The van der Waals surface area contributed by atoms with Gasteiger partial charge in [-0.05, 0) is 0 Å². The van der Waals surface area contributed by atoms with Gasteiger partial charge in [0.05, 0.1) is 0 Å². The van der Waals surface area contributed by atoms with Crippen LogP contribution in [0.25, 0.3) is 11.1 Å². The van der Waals surface area contributed by atoms with Crippen LogP contribution < -0.4 is 0 Å². The van der Waals surface area contributed by atoms with Crippen LogP contribution in [0.2, 0.25) is 4.13 Å². The maximum Gasteiger partial charge on any atom is -0.147 e. The van der Waals surface area contributed by atoms with Crippen molar-refractivity contribution in [3.63, 3.8) is 0 Å². The molecule has 0 radical (unpaired) electrons. The number of benzene rings is 2. The van der Waals surface area contributed by atoms with Crippen LogP contribution in [0.5, 0.6) is 0 Å². The van der Waals surface area contributed by atoms with Crippen molar-refractivity contribution in [1.82, 2.24) is 0 Å². The summed E-state index contributed by atoms with van der Waals surface area (Å²) in [7, 11) is 8.22. The summed E-state index contributed by atoms with van der Waals surface area (Å²) < 4.78 is 3.20. The molecule has 2 aromatic rings. The van der Waals surface area contributed by atoms with Crippen molar-refractivity contribution in [2.75, 3.05) is 0 Å². The molecule has 0 bridgehead atoms. The Bertz CT molecular complexity index is 1070. The van der Waals surface area contributed by atoms with E-state index in [-0.39, 0.29) is 24.8 Å². The molecule has 2 aliphatic rings. The summed E-state index contributed by atoms with van der Waals surface area (Å²) in [6.07, 6.45) is 1.15. The van der Waals surface area contributed by atoms with Gasteiger partial charge >= 0.3 is 177 Å². The predicted octanol–water partition coefficient (Wildman–Crippen LogP) is 8.08. The molecule has 0 fully saturated rings. The zero-order valence-corrected chi connectivity index (χ0v) is 24.9. The summed E-state index contributed by atoms with van der Waals surface area (Å²) in [6.45, 7) is 13.9. The summed E-state index contributed by atoms with van der Waals surface area (Å²) >= 11 is -3.93. The second-order valence-electron chi connectivity index (χ2n) is 9.05. The first-order valence-corrected chi connectivity index (χ1v) is 24.0. The minimum Gasteiger partial charge on any atom is -0.147 e. The average molecular weight is 559 g/mol. The molecule has 2 aromatic carbocycles. The van der Waals surface area contributed by atoms with E-state index < -0.39 is 16.2 Å². The van der Waals surface area contributed by atoms with Crippen LogP contribution in [0.3, 0.4) is 0 Å². The van der Waals surface area contributed by atoms with Crippen LogP contribution in [0, 0.1) is 5.92 Å². The molecular weight excluding hydrogens is 526 g/mol. The number of halogens is 3. The first-order chi connectivity index (χ1) is 13.2. The van der Waals surface area contributed by atoms with E-state index in [2.05, 4.69) is 90.0 Å². The second kappa shape index (κ2) is 9.03. The maximum atomic E-state index is 8.22. The Morgan fingerprint density at radius 2 is 1.33 bits per heavy atom. The monoisotopic (exact) mass is 556 g/mol. The van der Waals surface area contributed by atoms with Crippen molar-refractivity contribution in [2.24, 2.45) is 5.92 Å². The number of hydrogen-bond acceptors (Lipinski definition) is 0. The van der Waals surface area contributed by atoms with Gasteiger partial charge in [0.25, 0.3) is 0 Å². The molecule has 0 nitrogen and oxygen atoms in total. The van der Waals surface area contributed by atoms with Crippen molar-refractivity contribution in [3.8, 4) is 11.1 Å². The topological polar surface area (TPSA) is 0 Å². The third-order valence-corrected chi connectivity index (χ3v) is 31.7. The van der Waals surface area contributed by atoms with Gasteiger partial charge in [-0.1, -0.05) is 0 Å². The molecule has 5 heteroatoms. The van der Waals surface area contributed by atoms with Crippen LogP contribution in [0.1, 0.15) is 55.8 Å². The van der Waals surface area contributed by atoms with Crippen LogP contribution in [-0.2, 0) is 16.2 Å². The molecule has 1 atom stereocenters. The zero-order valence-electron chi connectivity index (χ0n) is 18.6. The quantitative estimate of drug-likeness (QED) is 0.333. The van der Waals surface area contributed by atoms with Crippen LogP contribution in [0.15, 0.2) is 68.5 Å². The Morgan fingerprint density at radius 3 is 1.73 bits per heavy atom. The van der Waals surface area contributed by atoms with E-state index in [1.165, 1.54) is 43.1 Å². The Hall–Kier alpha value is -0.110. The van der Waals surface area contributed by atoms with Gasteiger partial charge in [-0.25, -0.2) is 0 Å². The van der Waals surface area contributed by atoms with E-state index in [0.29, 0.717) is 9.54 Å². The molecule has 0 aliphatic heterocycles. The van der Waals surface area contributed by atoms with Crippen LogP contribution >= 0.6 is 33.3 Å². The second-order valence-corrected chi connectivity index (χ2v) is 38.8. The fourth-order valence-corrected chi connectivity index (χ4v) is 33.8. The van der Waals surface area contributed by atoms with E-state index in [0.717, 1.165) is 6.42 Å². The number of fused-ring (bicyclic) bond motifs is 3. The van der Waals surface area contributed by atoms with Gasteiger partial charge in [0, 0.05) is 0 Å². The minimum atomic E-state index is -3.93. The first kappa shape index (κ1) is 26.1. The fourth-order valence-electron chi connectivity index (χ4n) is 6.16. The molecule has 0 saturated carbocycles. The molecule has 0 heterocycles. The van der Waals surface area contributed by atoms with Crippen LogP contribution in [-0.4, -0.2) is 6.88 Å². The molecular formula is C25H33Cl3SiZr. The molecule has 4 rings (SSSR count). The third kappa shape index (κ3) is 3.60. The molecule has 0 aromatic heterocycles. The zero-order chi connectivity index (χ0) is 20.3. The molecule has 0 N–H and O–H groups in total. The molecule has 162 valence electrons. The van der Waals surface area contributed by atoms with Gasteiger partial charge < -0.3 is 0 Å². The summed E-state index contributed by atoms with van der Waals surface area (Å²) in [5.74, 6) is 0.479. The van der Waals surface area contributed by atoms with E-state index in [4.69, 9.17) is 8.51 Å². The summed E-state index contributed by atoms with van der Waals surface area (Å²) in [6, 6.07) is 18.0. The van der Waals surface area contributed by atoms with Gasteiger partial charge in [0.15, 0.2) is 0 Å². The average Bonchev–Trinajstić information content (AvgIpc) is 3.11. The largest absolute Gasteiger partial charge is 0.147 e. The number of hydrogen-bond donors (Lipinski definition) is 0. The first-order valence-electron chi connectivity index (χ1n) is 10.5. The minimum absolute atomic E-state index is 0. The van der Waals surface area contributed by atoms with Gasteiger partial charge in [-0.2, -0.15) is 0 Å². The van der Waals surface area contributed by atoms with Gasteiger partial charge in [0.2, 0.25) is 0 Å². The molecule has 0 amide bonds. The van der Waals surface area contributed by atoms with Crippen molar-refractivity contribution in [2.45, 2.75) is 48.8 Å². The summed E-state index contributed by atoms with van der Waals surface area (Å²) in [4.78, 5) is 0. The van der Waals surface area contributed by atoms with Gasteiger partial charge in [-0.15, -0.1) is 24.8 Å². The van der Waals surface area contributed by atoms with Gasteiger partial charge in [-0.3, -0.25) is 0 Å². The molecule has 2 aliphatic carbocycles. The maximum absolute atomic E-state index is 8.22. The van der Waals surface area contributed by atoms with E-state index in [9.17, 15) is 0 Å². The Balaban J connectivity index is 0.00000160. The van der Waals surface area contributed by atoms with Crippen molar-refractivity contribution in [1.29, 1.82) is 0 Å².